The molecule has 2 atom stereocenters. The standard InChI is InChI=1S/C14H19NO/c1-10-4-3-5-12(8-10)14(16)13-6-7-15-11(2)9-13/h6-7,9-10,12H,3-5,8H2,1-2H3. The van der Waals surface area contributed by atoms with Gasteiger partial charge in [0.15, 0.2) is 5.78 Å². The molecule has 2 rings (SSSR count). The van der Waals surface area contributed by atoms with Gasteiger partial charge in [-0.15, -0.1) is 0 Å². The second-order valence-corrected chi connectivity index (χ2v) is 5.02. The summed E-state index contributed by atoms with van der Waals surface area (Å²) in [6, 6.07) is 3.75. The van der Waals surface area contributed by atoms with Crippen LogP contribution in [0.1, 0.15) is 48.7 Å². The highest BCUT2D eigenvalue weighted by Crippen LogP contribution is 2.30. The molecule has 0 radical (unpaired) electrons. The van der Waals surface area contributed by atoms with E-state index >= 15 is 0 Å². The molecule has 1 aliphatic carbocycles. The van der Waals surface area contributed by atoms with E-state index in [2.05, 4.69) is 11.9 Å². The Morgan fingerprint density at radius 1 is 1.44 bits per heavy atom. The Morgan fingerprint density at radius 2 is 2.25 bits per heavy atom. The molecular formula is C14H19NO. The van der Waals surface area contributed by atoms with Gasteiger partial charge in [-0.05, 0) is 37.8 Å². The van der Waals surface area contributed by atoms with Gasteiger partial charge in [-0.2, -0.15) is 0 Å². The van der Waals surface area contributed by atoms with E-state index in [0.717, 1.165) is 24.1 Å². The Labute approximate surface area is 97.1 Å². The summed E-state index contributed by atoms with van der Waals surface area (Å²) in [6.07, 6.45) is 6.32. The summed E-state index contributed by atoms with van der Waals surface area (Å²) in [7, 11) is 0. The first-order valence-corrected chi connectivity index (χ1v) is 6.13. The predicted molar refractivity (Wildman–Crippen MR) is 64.4 cm³/mol. The smallest absolute Gasteiger partial charge is 0.166 e. The summed E-state index contributed by atoms with van der Waals surface area (Å²) in [4.78, 5) is 16.4. The van der Waals surface area contributed by atoms with Gasteiger partial charge >= 0.3 is 0 Å². The van der Waals surface area contributed by atoms with Gasteiger partial charge in [-0.1, -0.05) is 19.8 Å². The van der Waals surface area contributed by atoms with Crippen LogP contribution in [0.4, 0.5) is 0 Å². The molecule has 1 aromatic heterocycles. The zero-order valence-electron chi connectivity index (χ0n) is 10.1. The molecule has 0 spiro atoms. The lowest BCUT2D eigenvalue weighted by molar-refractivity contribution is 0.0868. The van der Waals surface area contributed by atoms with Crippen molar-refractivity contribution in [3.63, 3.8) is 0 Å². The maximum Gasteiger partial charge on any atom is 0.166 e. The van der Waals surface area contributed by atoms with Crippen molar-refractivity contribution in [2.24, 2.45) is 11.8 Å². The summed E-state index contributed by atoms with van der Waals surface area (Å²) in [5.74, 6) is 1.26. The number of nitrogens with zero attached hydrogens (tertiary/aromatic N) is 1. The number of carbonyl (C=O) groups excluding carboxylic acids is 1. The van der Waals surface area contributed by atoms with Crippen LogP contribution in [-0.2, 0) is 0 Å². The molecule has 0 bridgehead atoms. The molecule has 0 aliphatic heterocycles. The fourth-order valence-electron chi connectivity index (χ4n) is 2.61. The Morgan fingerprint density at radius 3 is 2.94 bits per heavy atom. The van der Waals surface area contributed by atoms with Gasteiger partial charge in [0.2, 0.25) is 0 Å². The van der Waals surface area contributed by atoms with E-state index in [0.29, 0.717) is 11.7 Å². The average Bonchev–Trinajstić information content (AvgIpc) is 2.28. The maximum atomic E-state index is 12.3. The van der Waals surface area contributed by atoms with E-state index in [9.17, 15) is 4.79 Å². The van der Waals surface area contributed by atoms with Crippen LogP contribution in [0.3, 0.4) is 0 Å². The van der Waals surface area contributed by atoms with E-state index < -0.39 is 0 Å². The Bertz CT molecular complexity index is 386. The quantitative estimate of drug-likeness (QED) is 0.711. The van der Waals surface area contributed by atoms with Crippen molar-refractivity contribution in [1.82, 2.24) is 4.98 Å². The Balaban J connectivity index is 2.12. The van der Waals surface area contributed by atoms with Crippen LogP contribution >= 0.6 is 0 Å². The fraction of sp³-hybridized carbons (Fsp3) is 0.571. The van der Waals surface area contributed by atoms with Crippen LogP contribution in [0.15, 0.2) is 18.3 Å². The second kappa shape index (κ2) is 4.77. The van der Waals surface area contributed by atoms with Gasteiger partial charge in [0, 0.05) is 23.4 Å². The first kappa shape index (κ1) is 11.3. The first-order chi connectivity index (χ1) is 7.66. The monoisotopic (exact) mass is 217 g/mol. The molecule has 0 saturated heterocycles. The number of carbonyl (C=O) groups is 1. The van der Waals surface area contributed by atoms with Crippen LogP contribution < -0.4 is 0 Å². The lowest BCUT2D eigenvalue weighted by Gasteiger charge is -2.25. The minimum atomic E-state index is 0.241. The third kappa shape index (κ3) is 2.49. The minimum absolute atomic E-state index is 0.241. The molecule has 0 amide bonds. The molecule has 86 valence electrons. The number of hydrogen-bond acceptors (Lipinski definition) is 2. The number of pyridine rings is 1. The van der Waals surface area contributed by atoms with Crippen molar-refractivity contribution in [1.29, 1.82) is 0 Å². The zero-order chi connectivity index (χ0) is 11.5. The fourth-order valence-corrected chi connectivity index (χ4v) is 2.61. The Hall–Kier alpha value is -1.18. The SMILES string of the molecule is Cc1cc(C(=O)C2CCCC(C)C2)ccn1. The molecule has 16 heavy (non-hydrogen) atoms. The molecule has 0 N–H and O–H groups in total. The summed E-state index contributed by atoms with van der Waals surface area (Å²) >= 11 is 0. The normalized spacial score (nSPS) is 25.4. The molecule has 2 unspecified atom stereocenters. The van der Waals surface area contributed by atoms with Crippen molar-refractivity contribution in [3.8, 4) is 0 Å². The van der Waals surface area contributed by atoms with Gasteiger partial charge in [0.25, 0.3) is 0 Å². The summed E-state index contributed by atoms with van der Waals surface area (Å²) in [5, 5.41) is 0. The third-order valence-corrected chi connectivity index (χ3v) is 3.49. The second-order valence-electron chi connectivity index (χ2n) is 5.02. The Kier molecular flexibility index (Phi) is 3.37. The third-order valence-electron chi connectivity index (χ3n) is 3.49. The van der Waals surface area contributed by atoms with Crippen molar-refractivity contribution in [3.05, 3.63) is 29.6 Å². The van der Waals surface area contributed by atoms with E-state index in [1.165, 1.54) is 12.8 Å². The lowest BCUT2D eigenvalue weighted by Crippen LogP contribution is -2.21. The van der Waals surface area contributed by atoms with Crippen LogP contribution in [0.25, 0.3) is 0 Å². The molecule has 1 saturated carbocycles. The van der Waals surface area contributed by atoms with Crippen LogP contribution in [-0.4, -0.2) is 10.8 Å². The van der Waals surface area contributed by atoms with Crippen LogP contribution in [0, 0.1) is 18.8 Å². The minimum Gasteiger partial charge on any atom is -0.294 e. The molecule has 0 aromatic carbocycles. The van der Waals surface area contributed by atoms with Gasteiger partial charge in [0.05, 0.1) is 0 Å². The summed E-state index contributed by atoms with van der Waals surface area (Å²) < 4.78 is 0. The average molecular weight is 217 g/mol. The van der Waals surface area contributed by atoms with E-state index in [-0.39, 0.29) is 5.92 Å². The molecule has 1 fully saturated rings. The maximum absolute atomic E-state index is 12.3. The van der Waals surface area contributed by atoms with E-state index in [1.54, 1.807) is 6.20 Å². The van der Waals surface area contributed by atoms with Gasteiger partial charge in [-0.25, -0.2) is 0 Å². The summed E-state index contributed by atoms with van der Waals surface area (Å²) in [6.45, 7) is 4.18. The molecule has 2 nitrogen and oxygen atoms in total. The zero-order valence-corrected chi connectivity index (χ0v) is 10.1. The highest BCUT2D eigenvalue weighted by molar-refractivity contribution is 5.97. The van der Waals surface area contributed by atoms with Gasteiger partial charge in [-0.3, -0.25) is 9.78 Å². The number of hydrogen-bond donors (Lipinski definition) is 0. The molecular weight excluding hydrogens is 198 g/mol. The highest BCUT2D eigenvalue weighted by atomic mass is 16.1. The molecule has 1 heterocycles. The van der Waals surface area contributed by atoms with Gasteiger partial charge in [0.1, 0.15) is 0 Å². The van der Waals surface area contributed by atoms with Crippen molar-refractivity contribution in [2.75, 3.05) is 0 Å². The molecule has 1 aromatic rings. The number of aromatic nitrogens is 1. The molecule has 1 aliphatic rings. The van der Waals surface area contributed by atoms with Crippen molar-refractivity contribution >= 4 is 5.78 Å². The molecule has 2 heteroatoms. The lowest BCUT2D eigenvalue weighted by atomic mass is 9.79. The van der Waals surface area contributed by atoms with Crippen LogP contribution in [0.2, 0.25) is 0 Å². The van der Waals surface area contributed by atoms with Crippen molar-refractivity contribution < 1.29 is 4.79 Å². The van der Waals surface area contributed by atoms with Gasteiger partial charge < -0.3 is 0 Å². The van der Waals surface area contributed by atoms with Crippen LogP contribution in [0.5, 0.6) is 0 Å². The number of aryl methyl sites for hydroxylation is 1. The topological polar surface area (TPSA) is 30.0 Å². The first-order valence-electron chi connectivity index (χ1n) is 6.13. The number of rotatable bonds is 2. The van der Waals surface area contributed by atoms with Crippen molar-refractivity contribution in [2.45, 2.75) is 39.5 Å². The van der Waals surface area contributed by atoms with E-state index in [1.807, 2.05) is 19.1 Å². The largest absolute Gasteiger partial charge is 0.294 e. The predicted octanol–water partition coefficient (Wildman–Crippen LogP) is 3.40. The summed E-state index contributed by atoms with van der Waals surface area (Å²) in [5.41, 5.74) is 1.77. The van der Waals surface area contributed by atoms with E-state index in [4.69, 9.17) is 0 Å². The number of Topliss-reactive ketones (excluding diaryl/α,β-unsaturated/α-hetero) is 1. The number of ketones is 1. The highest BCUT2D eigenvalue weighted by Gasteiger charge is 2.25.